The lowest BCUT2D eigenvalue weighted by Crippen LogP contribution is -1.73. The summed E-state index contributed by atoms with van der Waals surface area (Å²) in [6, 6.07) is 0. The van der Waals surface area contributed by atoms with E-state index < -0.39 is 0 Å². The molecular weight excluding hydrogens is 108 g/mol. The highest BCUT2D eigenvalue weighted by Gasteiger charge is 1.87. The number of hydrogen-bond donors (Lipinski definition) is 0. The lowest BCUT2D eigenvalue weighted by molar-refractivity contribution is 1.08. The van der Waals surface area contributed by atoms with Gasteiger partial charge in [0, 0.05) is 0 Å². The number of hydrogen-bond acceptors (Lipinski definition) is 3. The van der Waals surface area contributed by atoms with Gasteiger partial charge < -0.3 is 0 Å². The molecule has 0 bridgehead atoms. The van der Waals surface area contributed by atoms with E-state index in [0.29, 0.717) is 0 Å². The Balaban J connectivity index is 2.76. The van der Waals surface area contributed by atoms with E-state index >= 15 is 0 Å². The zero-order valence-electron chi connectivity index (χ0n) is 4.01. The van der Waals surface area contributed by atoms with Crippen molar-refractivity contribution >= 4 is 11.7 Å². The van der Waals surface area contributed by atoms with Gasteiger partial charge in [-0.25, -0.2) is 0 Å². The summed E-state index contributed by atoms with van der Waals surface area (Å²) in [7, 11) is 0. The van der Waals surface area contributed by atoms with Crippen molar-refractivity contribution in [2.24, 2.45) is 0 Å². The van der Waals surface area contributed by atoms with Crippen LogP contribution >= 0.6 is 11.7 Å². The lowest BCUT2D eigenvalue weighted by atomic mass is 10.4. The summed E-state index contributed by atoms with van der Waals surface area (Å²) < 4.78 is 7.61. The highest BCUT2D eigenvalue weighted by molar-refractivity contribution is 6.99. The van der Waals surface area contributed by atoms with E-state index in [4.69, 9.17) is 0 Å². The van der Waals surface area contributed by atoms with Crippen molar-refractivity contribution < 1.29 is 0 Å². The van der Waals surface area contributed by atoms with E-state index in [1.807, 2.05) is 6.92 Å². The summed E-state index contributed by atoms with van der Waals surface area (Å²) in [5, 5.41) is 0. The maximum atomic E-state index is 3.91. The van der Waals surface area contributed by atoms with Crippen LogP contribution in [0.3, 0.4) is 0 Å². The van der Waals surface area contributed by atoms with Gasteiger partial charge in [-0.05, 0) is 6.42 Å². The van der Waals surface area contributed by atoms with Gasteiger partial charge in [-0.3, -0.25) is 0 Å². The van der Waals surface area contributed by atoms with Crippen LogP contribution in [0.25, 0.3) is 0 Å². The number of aryl methyl sites for hydroxylation is 1. The van der Waals surface area contributed by atoms with E-state index in [1.165, 1.54) is 11.7 Å². The molecule has 1 rings (SSSR count). The highest BCUT2D eigenvalue weighted by atomic mass is 32.1. The van der Waals surface area contributed by atoms with Crippen molar-refractivity contribution in [2.45, 2.75) is 13.3 Å². The van der Waals surface area contributed by atoms with Crippen LogP contribution in [0.4, 0.5) is 0 Å². The quantitative estimate of drug-likeness (QED) is 0.540. The molecule has 0 spiro atoms. The molecule has 0 saturated carbocycles. The molecule has 0 aliphatic rings. The van der Waals surface area contributed by atoms with Crippen LogP contribution in [0.15, 0.2) is 0 Å². The van der Waals surface area contributed by atoms with Gasteiger partial charge in [-0.1, -0.05) is 6.92 Å². The summed E-state index contributed by atoms with van der Waals surface area (Å²) in [6.45, 7) is 2.03. The maximum absolute atomic E-state index is 3.91. The van der Waals surface area contributed by atoms with Crippen molar-refractivity contribution in [1.29, 1.82) is 0 Å². The molecule has 2 nitrogen and oxygen atoms in total. The molecule has 0 N–H and O–H groups in total. The molecule has 1 aromatic heterocycles. The fraction of sp³-hybridized carbons (Fsp3) is 0.500. The van der Waals surface area contributed by atoms with Gasteiger partial charge in [0.25, 0.3) is 0 Å². The molecule has 0 aliphatic carbocycles. The summed E-state index contributed by atoms with van der Waals surface area (Å²) in [4.78, 5) is 0. The standard InChI is InChI=1S/C4H5N2S/c1-2-4-3-5-7-6-4/h2H2,1H3. The van der Waals surface area contributed by atoms with Crippen LogP contribution in [0.1, 0.15) is 12.6 Å². The van der Waals surface area contributed by atoms with Gasteiger partial charge in [0.15, 0.2) is 0 Å². The summed E-state index contributed by atoms with van der Waals surface area (Å²) in [5.41, 5.74) is 0.963. The molecule has 7 heavy (non-hydrogen) atoms. The van der Waals surface area contributed by atoms with Gasteiger partial charge in [0.2, 0.25) is 0 Å². The van der Waals surface area contributed by atoms with E-state index in [-0.39, 0.29) is 0 Å². The highest BCUT2D eigenvalue weighted by Crippen LogP contribution is 1.92. The minimum atomic E-state index is 0.941. The predicted octanol–water partition coefficient (Wildman–Crippen LogP) is 0.901. The third-order valence-corrected chi connectivity index (χ3v) is 1.18. The molecule has 0 aliphatic heterocycles. The van der Waals surface area contributed by atoms with Crippen LogP contribution in [0, 0.1) is 6.20 Å². The second kappa shape index (κ2) is 2.02. The summed E-state index contributed by atoms with van der Waals surface area (Å²) >= 11 is 1.21. The van der Waals surface area contributed by atoms with Crippen LogP contribution in [0.2, 0.25) is 0 Å². The van der Waals surface area contributed by atoms with Crippen molar-refractivity contribution in [1.82, 2.24) is 8.75 Å². The van der Waals surface area contributed by atoms with Crippen molar-refractivity contribution in [3.05, 3.63) is 11.9 Å². The number of nitrogens with zero attached hydrogens (tertiary/aromatic N) is 2. The SMILES string of the molecule is CCc1[c]nsn1. The van der Waals surface area contributed by atoms with Crippen molar-refractivity contribution in [3.8, 4) is 0 Å². The summed E-state index contributed by atoms with van der Waals surface area (Å²) in [5.74, 6) is 0. The first-order valence-corrected chi connectivity index (χ1v) is 2.85. The Bertz CT molecular complexity index is 124. The van der Waals surface area contributed by atoms with Gasteiger partial charge in [-0.2, -0.15) is 8.75 Å². The Morgan fingerprint density at radius 2 is 2.71 bits per heavy atom. The lowest BCUT2D eigenvalue weighted by Gasteiger charge is -1.73. The van der Waals surface area contributed by atoms with Crippen LogP contribution in [-0.4, -0.2) is 8.75 Å². The molecule has 37 valence electrons. The molecule has 0 fully saturated rings. The zero-order chi connectivity index (χ0) is 5.11. The largest absolute Gasteiger partial charge is 0.177 e. The fourth-order valence-electron chi connectivity index (χ4n) is 0.307. The van der Waals surface area contributed by atoms with E-state index in [2.05, 4.69) is 14.9 Å². The Kier molecular flexibility index (Phi) is 1.36. The zero-order valence-corrected chi connectivity index (χ0v) is 4.83. The minimum absolute atomic E-state index is 0.941. The third-order valence-electron chi connectivity index (χ3n) is 0.701. The normalized spacial score (nSPS) is 9.29. The van der Waals surface area contributed by atoms with Crippen LogP contribution < -0.4 is 0 Å². The van der Waals surface area contributed by atoms with Gasteiger partial charge >= 0.3 is 0 Å². The Hall–Kier alpha value is -0.440. The first-order valence-electron chi connectivity index (χ1n) is 2.12. The predicted molar refractivity (Wildman–Crippen MR) is 28.1 cm³/mol. The first kappa shape index (κ1) is 4.71. The van der Waals surface area contributed by atoms with E-state index in [9.17, 15) is 0 Å². The average molecular weight is 113 g/mol. The fourth-order valence-corrected chi connectivity index (χ4v) is 0.762. The monoisotopic (exact) mass is 113 g/mol. The smallest absolute Gasteiger partial charge is 0.129 e. The second-order valence-electron chi connectivity index (χ2n) is 1.18. The molecule has 1 heterocycles. The average Bonchev–Trinajstić information content (AvgIpc) is 2.14. The molecular formula is C4H5N2S. The van der Waals surface area contributed by atoms with E-state index in [1.54, 1.807) is 0 Å². The maximum Gasteiger partial charge on any atom is 0.129 e. The van der Waals surface area contributed by atoms with Crippen LogP contribution in [-0.2, 0) is 6.42 Å². The Labute approximate surface area is 46.5 Å². The molecule has 1 radical (unpaired) electrons. The van der Waals surface area contributed by atoms with Crippen molar-refractivity contribution in [2.75, 3.05) is 0 Å². The minimum Gasteiger partial charge on any atom is -0.177 e. The molecule has 0 amide bonds. The molecule has 3 heteroatoms. The number of aromatic nitrogens is 2. The Morgan fingerprint density at radius 1 is 1.86 bits per heavy atom. The Morgan fingerprint density at radius 3 is 3.00 bits per heavy atom. The first-order chi connectivity index (χ1) is 3.43. The van der Waals surface area contributed by atoms with E-state index in [0.717, 1.165) is 12.1 Å². The topological polar surface area (TPSA) is 25.8 Å². The number of rotatable bonds is 1. The van der Waals surface area contributed by atoms with Gasteiger partial charge in [-0.15, -0.1) is 0 Å². The van der Waals surface area contributed by atoms with Crippen molar-refractivity contribution in [3.63, 3.8) is 0 Å². The molecule has 1 aromatic rings. The molecule has 0 saturated heterocycles. The molecule has 0 atom stereocenters. The van der Waals surface area contributed by atoms with Crippen LogP contribution in [0.5, 0.6) is 0 Å². The van der Waals surface area contributed by atoms with Gasteiger partial charge in [0.1, 0.15) is 6.20 Å². The summed E-state index contributed by atoms with van der Waals surface area (Å²) in [6.07, 6.45) is 3.69. The third kappa shape index (κ3) is 0.962. The molecule has 0 aromatic carbocycles. The second-order valence-corrected chi connectivity index (χ2v) is 1.70. The molecule has 0 unspecified atom stereocenters. The van der Waals surface area contributed by atoms with Gasteiger partial charge in [0.05, 0.1) is 17.4 Å².